The van der Waals surface area contributed by atoms with E-state index in [0.717, 1.165) is 6.42 Å². The first-order valence-electron chi connectivity index (χ1n) is 13.7. The standard InChI is InChI=1S/C28H36ClF2N5O3/c1-16(2)11-23(34-19-7-3-6-18(29)13-19)27(39)36-21-8-9-22(28(30,31)14-21)24(36)26(38)35-20(15-32)12-17-5-4-10-33-25(17)37/h3,6-7,13,16-17,20-24,34H,4-5,8-12,14H2,1-2H3,(H,33,37)(H,35,38)/t17-,20+,21-,22-,23+,24-/m0/s1. The van der Waals surface area contributed by atoms with Gasteiger partial charge >= 0.3 is 0 Å². The van der Waals surface area contributed by atoms with Crippen LogP contribution in [0.15, 0.2) is 24.3 Å². The van der Waals surface area contributed by atoms with Crippen molar-refractivity contribution in [3.05, 3.63) is 29.3 Å². The van der Waals surface area contributed by atoms with Gasteiger partial charge in [-0.25, -0.2) is 8.78 Å². The van der Waals surface area contributed by atoms with Gasteiger partial charge in [0.25, 0.3) is 5.92 Å². The molecule has 212 valence electrons. The number of halogens is 3. The van der Waals surface area contributed by atoms with Gasteiger partial charge in [-0.1, -0.05) is 31.5 Å². The van der Waals surface area contributed by atoms with Crippen LogP contribution in [0.3, 0.4) is 0 Å². The van der Waals surface area contributed by atoms with Crippen LogP contribution >= 0.6 is 11.6 Å². The van der Waals surface area contributed by atoms with Crippen molar-refractivity contribution < 1.29 is 23.2 Å². The van der Waals surface area contributed by atoms with Crippen LogP contribution in [0.4, 0.5) is 14.5 Å². The van der Waals surface area contributed by atoms with Crippen molar-refractivity contribution in [3.8, 4) is 6.07 Å². The SMILES string of the molecule is CC(C)C[C@@H](Nc1cccc(Cl)c1)C(=O)N1[C@H]2CC[C@@H]([C@H]1C(=O)N[C@@H](C#N)C[C@@H]1CCCNC1=O)C(F)(F)C2. The summed E-state index contributed by atoms with van der Waals surface area (Å²) in [5, 5.41) is 18.8. The number of carbonyl (C=O) groups is 3. The van der Waals surface area contributed by atoms with Crippen molar-refractivity contribution in [1.29, 1.82) is 5.26 Å². The van der Waals surface area contributed by atoms with Crippen LogP contribution in [-0.4, -0.2) is 59.3 Å². The highest BCUT2D eigenvalue weighted by Crippen LogP contribution is 2.49. The fraction of sp³-hybridized carbons (Fsp3) is 0.643. The van der Waals surface area contributed by atoms with E-state index in [9.17, 15) is 19.6 Å². The maximum absolute atomic E-state index is 15.1. The van der Waals surface area contributed by atoms with Crippen LogP contribution in [-0.2, 0) is 14.4 Å². The molecule has 11 heteroatoms. The van der Waals surface area contributed by atoms with Gasteiger partial charge in [0, 0.05) is 35.6 Å². The molecular formula is C28H36ClF2N5O3. The minimum Gasteiger partial charge on any atom is -0.374 e. The highest BCUT2D eigenvalue weighted by molar-refractivity contribution is 6.30. The second-order valence-electron chi connectivity index (χ2n) is 11.4. The van der Waals surface area contributed by atoms with Gasteiger partial charge in [0.05, 0.1) is 12.0 Å². The fourth-order valence-electron chi connectivity index (χ4n) is 6.22. The summed E-state index contributed by atoms with van der Waals surface area (Å²) in [5.74, 6) is -6.18. The Hall–Kier alpha value is -2.93. The monoisotopic (exact) mass is 563 g/mol. The zero-order valence-corrected chi connectivity index (χ0v) is 23.0. The van der Waals surface area contributed by atoms with Crippen LogP contribution in [0.2, 0.25) is 5.02 Å². The van der Waals surface area contributed by atoms with Crippen LogP contribution in [0.25, 0.3) is 0 Å². The van der Waals surface area contributed by atoms with E-state index in [0.29, 0.717) is 36.5 Å². The molecular weight excluding hydrogens is 528 g/mol. The number of hydrogen-bond acceptors (Lipinski definition) is 5. The number of anilines is 1. The molecule has 6 atom stereocenters. The largest absolute Gasteiger partial charge is 0.374 e. The Morgan fingerprint density at radius 1 is 1.28 bits per heavy atom. The number of amides is 3. The molecule has 0 aromatic heterocycles. The summed E-state index contributed by atoms with van der Waals surface area (Å²) in [5.41, 5.74) is 0.616. The third-order valence-corrected chi connectivity index (χ3v) is 8.26. The molecule has 0 unspecified atom stereocenters. The molecule has 3 heterocycles. The zero-order valence-electron chi connectivity index (χ0n) is 22.3. The molecule has 8 nitrogen and oxygen atoms in total. The topological polar surface area (TPSA) is 114 Å². The third kappa shape index (κ3) is 6.63. The molecule has 5 rings (SSSR count). The van der Waals surface area contributed by atoms with Crippen molar-refractivity contribution in [2.75, 3.05) is 11.9 Å². The Bertz CT molecular complexity index is 1130. The molecule has 1 aromatic carbocycles. The highest BCUT2D eigenvalue weighted by atomic mass is 35.5. The van der Waals surface area contributed by atoms with Crippen molar-refractivity contribution >= 4 is 35.0 Å². The number of alkyl halides is 2. The molecule has 1 aliphatic carbocycles. The fourth-order valence-corrected chi connectivity index (χ4v) is 6.41. The lowest BCUT2D eigenvalue weighted by molar-refractivity contribution is -0.194. The van der Waals surface area contributed by atoms with Crippen molar-refractivity contribution in [1.82, 2.24) is 15.5 Å². The first-order chi connectivity index (χ1) is 18.5. The summed E-state index contributed by atoms with van der Waals surface area (Å²) >= 11 is 6.13. The Kier molecular flexibility index (Phi) is 9.00. The summed E-state index contributed by atoms with van der Waals surface area (Å²) in [6, 6.07) is 4.91. The molecule has 3 amide bonds. The summed E-state index contributed by atoms with van der Waals surface area (Å²) in [4.78, 5) is 41.2. The molecule has 0 radical (unpaired) electrons. The lowest BCUT2D eigenvalue weighted by Gasteiger charge is -2.54. The Morgan fingerprint density at radius 2 is 2.05 bits per heavy atom. The average Bonchev–Trinajstić information content (AvgIpc) is 2.87. The predicted molar refractivity (Wildman–Crippen MR) is 143 cm³/mol. The van der Waals surface area contributed by atoms with E-state index in [1.165, 1.54) is 4.90 Å². The van der Waals surface area contributed by atoms with Gasteiger partial charge in [-0.15, -0.1) is 0 Å². The van der Waals surface area contributed by atoms with Crippen LogP contribution in [0.5, 0.6) is 0 Å². The smallest absolute Gasteiger partial charge is 0.255 e. The predicted octanol–water partition coefficient (Wildman–Crippen LogP) is 4.11. The molecule has 39 heavy (non-hydrogen) atoms. The molecule has 3 N–H and O–H groups in total. The van der Waals surface area contributed by atoms with E-state index < -0.39 is 60.2 Å². The number of rotatable bonds is 9. The van der Waals surface area contributed by atoms with E-state index in [-0.39, 0.29) is 24.7 Å². The minimum atomic E-state index is -3.11. The van der Waals surface area contributed by atoms with E-state index in [1.54, 1.807) is 24.3 Å². The molecule has 3 aliphatic heterocycles. The third-order valence-electron chi connectivity index (χ3n) is 8.02. The maximum Gasteiger partial charge on any atom is 0.255 e. The van der Waals surface area contributed by atoms with E-state index >= 15 is 8.78 Å². The lowest BCUT2D eigenvalue weighted by Crippen LogP contribution is -2.70. The Morgan fingerprint density at radius 3 is 2.69 bits per heavy atom. The maximum atomic E-state index is 15.1. The van der Waals surface area contributed by atoms with E-state index in [4.69, 9.17) is 11.6 Å². The van der Waals surface area contributed by atoms with Crippen LogP contribution in [0.1, 0.15) is 58.8 Å². The first-order valence-corrected chi connectivity index (χ1v) is 14.1. The second-order valence-corrected chi connectivity index (χ2v) is 11.8. The van der Waals surface area contributed by atoms with Gasteiger partial charge in [-0.05, 0) is 62.6 Å². The zero-order chi connectivity index (χ0) is 28.3. The summed E-state index contributed by atoms with van der Waals surface area (Å²) < 4.78 is 30.3. The van der Waals surface area contributed by atoms with E-state index in [2.05, 4.69) is 16.0 Å². The van der Waals surface area contributed by atoms with Gasteiger partial charge in [-0.3, -0.25) is 14.4 Å². The lowest BCUT2D eigenvalue weighted by atomic mass is 9.71. The number of nitrogens with zero attached hydrogens (tertiary/aromatic N) is 2. The van der Waals surface area contributed by atoms with Crippen LogP contribution < -0.4 is 16.0 Å². The van der Waals surface area contributed by atoms with Crippen LogP contribution in [0, 0.1) is 29.1 Å². The number of nitrogens with one attached hydrogen (secondary N) is 3. The molecule has 4 aliphatic rings. The summed E-state index contributed by atoms with van der Waals surface area (Å²) in [6.07, 6.45) is 1.85. The quantitative estimate of drug-likeness (QED) is 0.418. The number of nitriles is 1. The second kappa shape index (κ2) is 12.1. The van der Waals surface area contributed by atoms with Gasteiger partial charge in [-0.2, -0.15) is 5.26 Å². The number of benzene rings is 1. The first kappa shape index (κ1) is 29.1. The van der Waals surface area contributed by atoms with Gasteiger partial charge in [0.1, 0.15) is 18.1 Å². The Balaban J connectivity index is 1.58. The van der Waals surface area contributed by atoms with Gasteiger partial charge in [0.15, 0.2) is 0 Å². The van der Waals surface area contributed by atoms with Crippen molar-refractivity contribution in [2.45, 2.75) is 88.9 Å². The van der Waals surface area contributed by atoms with Crippen molar-refractivity contribution in [2.24, 2.45) is 17.8 Å². The Labute approximate surface area is 232 Å². The number of piperidine rings is 3. The molecule has 1 aromatic rings. The molecule has 4 fully saturated rings. The molecule has 1 saturated carbocycles. The summed E-state index contributed by atoms with van der Waals surface area (Å²) in [7, 11) is 0. The minimum absolute atomic E-state index is 0.0888. The average molecular weight is 564 g/mol. The van der Waals surface area contributed by atoms with Gasteiger partial charge in [0.2, 0.25) is 17.7 Å². The van der Waals surface area contributed by atoms with Crippen molar-refractivity contribution in [3.63, 3.8) is 0 Å². The molecule has 2 bridgehead atoms. The number of carbonyl (C=O) groups excluding carboxylic acids is 3. The highest BCUT2D eigenvalue weighted by Gasteiger charge is 2.61. The summed E-state index contributed by atoms with van der Waals surface area (Å²) in [6.45, 7) is 4.48. The molecule has 0 spiro atoms. The molecule has 3 saturated heterocycles. The van der Waals surface area contributed by atoms with Gasteiger partial charge < -0.3 is 20.9 Å². The number of fused-ring (bicyclic) bond motifs is 3. The number of hydrogen-bond donors (Lipinski definition) is 3. The van der Waals surface area contributed by atoms with E-state index in [1.807, 2.05) is 19.9 Å². The normalized spacial score (nSPS) is 27.3.